The first kappa shape index (κ1) is 17.3. The van der Waals surface area contributed by atoms with Crippen LogP contribution in [0.25, 0.3) is 5.69 Å². The summed E-state index contributed by atoms with van der Waals surface area (Å²) >= 11 is 5.71. The summed E-state index contributed by atoms with van der Waals surface area (Å²) < 4.78 is 19.0. The van der Waals surface area contributed by atoms with E-state index >= 15 is 0 Å². The highest BCUT2D eigenvalue weighted by molar-refractivity contribution is 6.30. The Bertz CT molecular complexity index is 870. The number of halogens is 2. The van der Waals surface area contributed by atoms with Crippen LogP contribution in [0.2, 0.25) is 5.02 Å². The molecule has 1 aromatic heterocycles. The Kier molecular flexibility index (Phi) is 3.60. The zero-order valence-corrected chi connectivity index (χ0v) is 15.6. The third-order valence-corrected chi connectivity index (χ3v) is 5.27. The van der Waals surface area contributed by atoms with Crippen LogP contribution in [0, 0.1) is 5.82 Å². The summed E-state index contributed by atoms with van der Waals surface area (Å²) in [6.07, 6.45) is 3.77. The van der Waals surface area contributed by atoms with Crippen molar-refractivity contribution >= 4 is 17.7 Å². The van der Waals surface area contributed by atoms with Crippen LogP contribution in [-0.2, 0) is 10.2 Å². The number of nitrogens with zero attached hydrogens (tertiary/aromatic N) is 3. The van der Waals surface area contributed by atoms with Crippen molar-refractivity contribution in [3.8, 4) is 5.69 Å². The molecule has 0 atom stereocenters. The first-order valence-corrected chi connectivity index (χ1v) is 8.87. The largest absolute Gasteiger partial charge is 0.444 e. The molecule has 0 unspecified atom stereocenters. The molecule has 2 aromatic rings. The first-order chi connectivity index (χ1) is 12.1. The minimum absolute atomic E-state index is 0.0573. The minimum atomic E-state index is -0.512. The average molecular weight is 379 g/mol. The van der Waals surface area contributed by atoms with Gasteiger partial charge in [-0.05, 0) is 52.2 Å². The van der Waals surface area contributed by atoms with E-state index in [1.165, 1.54) is 16.9 Å². The van der Waals surface area contributed by atoms with E-state index in [4.69, 9.17) is 16.3 Å². The molecular weight excluding hydrogens is 359 g/mol. The number of hydrogen-bond acceptors (Lipinski definition) is 4. The number of rotatable bonds is 3. The van der Waals surface area contributed by atoms with Gasteiger partial charge in [-0.15, -0.1) is 0 Å². The number of hydrogen-bond donors (Lipinski definition) is 1. The zero-order chi connectivity index (χ0) is 18.7. The molecule has 3 aliphatic rings. The Morgan fingerprint density at radius 3 is 2.65 bits per heavy atom. The molecule has 3 fully saturated rings. The zero-order valence-electron chi connectivity index (χ0n) is 14.8. The average Bonchev–Trinajstić information content (AvgIpc) is 2.92. The lowest BCUT2D eigenvalue weighted by atomic mass is 9.38. The Hall–Kier alpha value is -2.15. The van der Waals surface area contributed by atoms with Crippen LogP contribution in [-0.4, -0.2) is 32.2 Å². The molecule has 1 N–H and O–H groups in total. The van der Waals surface area contributed by atoms with Crippen LogP contribution < -0.4 is 5.32 Å². The second-order valence-electron chi connectivity index (χ2n) is 8.34. The van der Waals surface area contributed by atoms with Crippen LogP contribution >= 0.6 is 11.6 Å². The van der Waals surface area contributed by atoms with Crippen molar-refractivity contribution in [1.29, 1.82) is 0 Å². The van der Waals surface area contributed by atoms with E-state index in [1.807, 2.05) is 20.8 Å². The van der Waals surface area contributed by atoms with Crippen LogP contribution in [0.5, 0.6) is 0 Å². The van der Waals surface area contributed by atoms with Gasteiger partial charge in [0.05, 0.1) is 22.6 Å². The Morgan fingerprint density at radius 1 is 1.35 bits per heavy atom. The Balaban J connectivity index is 1.42. The van der Waals surface area contributed by atoms with E-state index in [0.29, 0.717) is 5.69 Å². The van der Waals surface area contributed by atoms with Crippen LogP contribution in [0.1, 0.15) is 45.7 Å². The molecule has 3 saturated carbocycles. The summed E-state index contributed by atoms with van der Waals surface area (Å²) in [5, 5.41) is 11.8. The number of amides is 1. The van der Waals surface area contributed by atoms with Crippen molar-refractivity contribution in [3.63, 3.8) is 0 Å². The summed E-state index contributed by atoms with van der Waals surface area (Å²) in [7, 11) is 0. The van der Waals surface area contributed by atoms with E-state index < -0.39 is 11.4 Å². The quantitative estimate of drug-likeness (QED) is 0.882. The monoisotopic (exact) mass is 378 g/mol. The molecule has 8 heteroatoms. The van der Waals surface area contributed by atoms with E-state index in [9.17, 15) is 9.18 Å². The van der Waals surface area contributed by atoms with E-state index in [0.717, 1.165) is 25.0 Å². The molecule has 1 heterocycles. The molecule has 5 rings (SSSR count). The number of carbonyl (C=O) groups excluding carboxylic acids is 1. The lowest BCUT2D eigenvalue weighted by molar-refractivity contribution is -0.0910. The number of alkyl carbamates (subject to hydrolysis) is 1. The van der Waals surface area contributed by atoms with E-state index in [2.05, 4.69) is 15.5 Å². The Morgan fingerprint density at radius 2 is 2.04 bits per heavy atom. The fraction of sp³-hybridized carbons (Fsp3) is 0.500. The van der Waals surface area contributed by atoms with E-state index in [-0.39, 0.29) is 22.1 Å². The number of aromatic nitrogens is 3. The molecule has 2 bridgehead atoms. The topological polar surface area (TPSA) is 69.0 Å². The van der Waals surface area contributed by atoms with Gasteiger partial charge in [0.2, 0.25) is 0 Å². The smallest absolute Gasteiger partial charge is 0.408 e. The van der Waals surface area contributed by atoms with Crippen molar-refractivity contribution in [1.82, 2.24) is 20.3 Å². The molecule has 0 saturated heterocycles. The lowest BCUT2D eigenvalue weighted by Gasteiger charge is -2.69. The summed E-state index contributed by atoms with van der Waals surface area (Å²) in [5.74, 6) is -0.506. The van der Waals surface area contributed by atoms with Crippen LogP contribution in [0.4, 0.5) is 9.18 Å². The standard InChI is InChI=1S/C18H20ClFN4O2/c1-16(2,3)26-15(25)22-18-8-17(9-18,10-18)14-7-21-24(23-14)11-4-5-12(19)13(20)6-11/h4-7H,8-10H2,1-3H3,(H,22,25). The molecule has 26 heavy (non-hydrogen) atoms. The normalized spacial score (nSPS) is 26.7. The van der Waals surface area contributed by atoms with Gasteiger partial charge in [-0.25, -0.2) is 9.18 Å². The molecule has 1 amide bonds. The lowest BCUT2D eigenvalue weighted by Crippen LogP contribution is -2.77. The fourth-order valence-corrected chi connectivity index (χ4v) is 4.07. The maximum Gasteiger partial charge on any atom is 0.408 e. The Labute approximate surface area is 155 Å². The molecule has 3 aliphatic carbocycles. The number of carbonyl (C=O) groups is 1. The maximum atomic E-state index is 13.6. The number of nitrogens with one attached hydrogen (secondary N) is 1. The summed E-state index contributed by atoms with van der Waals surface area (Å²) in [6, 6.07) is 4.46. The first-order valence-electron chi connectivity index (χ1n) is 8.49. The molecule has 1 aromatic carbocycles. The predicted octanol–water partition coefficient (Wildman–Crippen LogP) is 3.76. The predicted molar refractivity (Wildman–Crippen MR) is 94.0 cm³/mol. The highest BCUT2D eigenvalue weighted by atomic mass is 35.5. The van der Waals surface area contributed by atoms with Gasteiger partial charge in [-0.3, -0.25) is 0 Å². The van der Waals surface area contributed by atoms with Crippen molar-refractivity contribution < 1.29 is 13.9 Å². The second-order valence-corrected chi connectivity index (χ2v) is 8.74. The fourth-order valence-electron chi connectivity index (χ4n) is 3.95. The molecule has 6 nitrogen and oxygen atoms in total. The summed E-state index contributed by atoms with van der Waals surface area (Å²) in [6.45, 7) is 5.52. The third-order valence-electron chi connectivity index (χ3n) is 4.97. The van der Waals surface area contributed by atoms with Gasteiger partial charge in [0.25, 0.3) is 0 Å². The summed E-state index contributed by atoms with van der Waals surface area (Å²) in [4.78, 5) is 13.4. The molecule has 138 valence electrons. The van der Waals surface area contributed by atoms with Gasteiger partial charge in [0.15, 0.2) is 0 Å². The highest BCUT2D eigenvalue weighted by Gasteiger charge is 2.70. The minimum Gasteiger partial charge on any atom is -0.444 e. The molecule has 0 radical (unpaired) electrons. The molecule has 0 aliphatic heterocycles. The van der Waals surface area contributed by atoms with Gasteiger partial charge in [-0.1, -0.05) is 11.6 Å². The maximum absolute atomic E-state index is 13.6. The molecular formula is C18H20ClFN4O2. The van der Waals surface area contributed by atoms with Crippen LogP contribution in [0.15, 0.2) is 24.4 Å². The van der Waals surface area contributed by atoms with Gasteiger partial charge in [-0.2, -0.15) is 15.0 Å². The number of benzene rings is 1. The van der Waals surface area contributed by atoms with Gasteiger partial charge in [0, 0.05) is 17.0 Å². The van der Waals surface area contributed by atoms with Crippen molar-refractivity contribution in [2.75, 3.05) is 0 Å². The van der Waals surface area contributed by atoms with Gasteiger partial charge < -0.3 is 10.1 Å². The SMILES string of the molecule is CC(C)(C)OC(=O)NC12CC(c3cnn(-c4ccc(Cl)c(F)c4)n3)(C1)C2. The van der Waals surface area contributed by atoms with Gasteiger partial charge in [0.1, 0.15) is 11.4 Å². The third kappa shape index (κ3) is 2.84. The van der Waals surface area contributed by atoms with Gasteiger partial charge >= 0.3 is 6.09 Å². The second kappa shape index (κ2) is 5.42. The van der Waals surface area contributed by atoms with Crippen molar-refractivity contribution in [2.45, 2.75) is 56.6 Å². The highest BCUT2D eigenvalue weighted by Crippen LogP contribution is 2.67. The van der Waals surface area contributed by atoms with Crippen molar-refractivity contribution in [2.24, 2.45) is 0 Å². The molecule has 0 spiro atoms. The number of ether oxygens (including phenoxy) is 1. The van der Waals surface area contributed by atoms with E-state index in [1.54, 1.807) is 12.3 Å². The summed E-state index contributed by atoms with van der Waals surface area (Å²) in [5.41, 5.74) is 0.616. The van der Waals surface area contributed by atoms with Crippen molar-refractivity contribution in [3.05, 3.63) is 40.9 Å². The van der Waals surface area contributed by atoms with Crippen LogP contribution in [0.3, 0.4) is 0 Å².